The van der Waals surface area contributed by atoms with Crippen molar-refractivity contribution in [2.45, 2.75) is 32.2 Å². The largest absolute Gasteiger partial charge is 0.375 e. The maximum absolute atomic E-state index is 5.76. The molecule has 5 nitrogen and oxygen atoms in total. The molecule has 2 N–H and O–H groups in total. The third-order valence-electron chi connectivity index (χ3n) is 3.44. The highest BCUT2D eigenvalue weighted by Gasteiger charge is 2.27. The second-order valence-electron chi connectivity index (χ2n) is 4.78. The van der Waals surface area contributed by atoms with E-state index in [9.17, 15) is 0 Å². The Morgan fingerprint density at radius 2 is 2.26 bits per heavy atom. The number of nitrogens with zero attached hydrogens (tertiary/aromatic N) is 4. The van der Waals surface area contributed by atoms with Gasteiger partial charge in [0.1, 0.15) is 11.6 Å². The van der Waals surface area contributed by atoms with Crippen molar-refractivity contribution in [1.29, 1.82) is 0 Å². The molecular weight excluding hydrogens is 258 g/mol. The molecular formula is C13H17N5S. The minimum Gasteiger partial charge on any atom is -0.375 e. The molecule has 1 aliphatic rings. The lowest BCUT2D eigenvalue weighted by atomic mass is 10.00. The molecule has 0 amide bonds. The number of nitrogens with two attached hydrogens (primary N) is 1. The van der Waals surface area contributed by atoms with Gasteiger partial charge in [-0.05, 0) is 32.3 Å². The van der Waals surface area contributed by atoms with E-state index in [1.807, 2.05) is 19.2 Å². The minimum atomic E-state index is 0.289. The van der Waals surface area contributed by atoms with E-state index >= 15 is 0 Å². The van der Waals surface area contributed by atoms with E-state index in [4.69, 9.17) is 5.73 Å². The molecule has 0 radical (unpaired) electrons. The van der Waals surface area contributed by atoms with Crippen LogP contribution in [0.15, 0.2) is 17.6 Å². The second kappa shape index (κ2) is 5.13. The predicted octanol–water partition coefficient (Wildman–Crippen LogP) is 2.56. The molecule has 0 aromatic carbocycles. The first-order valence-corrected chi connectivity index (χ1v) is 7.39. The molecule has 0 spiro atoms. The normalized spacial score (nSPS) is 19.6. The smallest absolute Gasteiger partial charge is 0.180 e. The summed E-state index contributed by atoms with van der Waals surface area (Å²) >= 11 is 1.51. The van der Waals surface area contributed by atoms with Gasteiger partial charge in [0.05, 0.1) is 11.7 Å². The minimum absolute atomic E-state index is 0.289. The number of rotatable bonds is 2. The summed E-state index contributed by atoms with van der Waals surface area (Å²) in [5.74, 6) is 1.79. The molecule has 100 valence electrons. The number of hydrogen-bond acceptors (Lipinski definition) is 6. The fourth-order valence-electron chi connectivity index (χ4n) is 2.57. The SMILES string of the molecule is Cc1nccc(N2CCCC[C@H]2c2csc(N)n2)n1. The van der Waals surface area contributed by atoms with Crippen molar-refractivity contribution in [3.05, 3.63) is 29.2 Å². The van der Waals surface area contributed by atoms with Crippen LogP contribution in [0.3, 0.4) is 0 Å². The highest BCUT2D eigenvalue weighted by atomic mass is 32.1. The van der Waals surface area contributed by atoms with Crippen LogP contribution in [0.2, 0.25) is 0 Å². The van der Waals surface area contributed by atoms with Gasteiger partial charge in [-0.1, -0.05) is 0 Å². The van der Waals surface area contributed by atoms with Crippen molar-refractivity contribution in [3.8, 4) is 0 Å². The molecule has 2 aromatic heterocycles. The molecule has 0 aliphatic carbocycles. The summed E-state index contributed by atoms with van der Waals surface area (Å²) in [6, 6.07) is 2.26. The molecule has 0 bridgehead atoms. The summed E-state index contributed by atoms with van der Waals surface area (Å²) in [5.41, 5.74) is 6.82. The summed E-state index contributed by atoms with van der Waals surface area (Å²) in [7, 11) is 0. The molecule has 3 rings (SSSR count). The van der Waals surface area contributed by atoms with Gasteiger partial charge >= 0.3 is 0 Å². The Morgan fingerprint density at radius 3 is 3.00 bits per heavy atom. The van der Waals surface area contributed by atoms with Crippen molar-refractivity contribution < 1.29 is 0 Å². The summed E-state index contributed by atoms with van der Waals surface area (Å²) in [6.45, 7) is 2.93. The number of hydrogen-bond donors (Lipinski definition) is 1. The maximum atomic E-state index is 5.76. The highest BCUT2D eigenvalue weighted by Crippen LogP contribution is 2.34. The third kappa shape index (κ3) is 2.53. The lowest BCUT2D eigenvalue weighted by molar-refractivity contribution is 0.463. The number of nitrogen functional groups attached to an aromatic ring is 1. The number of anilines is 2. The summed E-state index contributed by atoms with van der Waals surface area (Å²) < 4.78 is 0. The van der Waals surface area contributed by atoms with Crippen molar-refractivity contribution in [2.24, 2.45) is 0 Å². The van der Waals surface area contributed by atoms with Gasteiger partial charge in [-0.3, -0.25) is 0 Å². The monoisotopic (exact) mass is 275 g/mol. The van der Waals surface area contributed by atoms with Crippen LogP contribution in [0.5, 0.6) is 0 Å². The van der Waals surface area contributed by atoms with Crippen LogP contribution in [0.1, 0.15) is 36.8 Å². The summed E-state index contributed by atoms with van der Waals surface area (Å²) in [5, 5.41) is 2.70. The third-order valence-corrected chi connectivity index (χ3v) is 4.13. The lowest BCUT2D eigenvalue weighted by Crippen LogP contribution is -2.34. The van der Waals surface area contributed by atoms with E-state index in [1.165, 1.54) is 24.2 Å². The molecule has 19 heavy (non-hydrogen) atoms. The van der Waals surface area contributed by atoms with Gasteiger partial charge < -0.3 is 10.6 Å². The average Bonchev–Trinajstić information content (AvgIpc) is 2.85. The van der Waals surface area contributed by atoms with Gasteiger partial charge in [0.15, 0.2) is 5.13 Å². The van der Waals surface area contributed by atoms with Crippen molar-refractivity contribution >= 4 is 22.3 Å². The molecule has 1 fully saturated rings. The van der Waals surface area contributed by atoms with Gasteiger partial charge in [-0.2, -0.15) is 0 Å². The van der Waals surface area contributed by atoms with Crippen molar-refractivity contribution in [2.75, 3.05) is 17.2 Å². The lowest BCUT2D eigenvalue weighted by Gasteiger charge is -2.35. The number of aryl methyl sites for hydroxylation is 1. The molecule has 2 aromatic rings. The molecule has 1 aliphatic heterocycles. The van der Waals surface area contributed by atoms with E-state index in [0.717, 1.165) is 30.3 Å². The first kappa shape index (κ1) is 12.3. The van der Waals surface area contributed by atoms with Crippen LogP contribution in [0.25, 0.3) is 0 Å². The standard InChI is InChI=1S/C13H17N5S/c1-9-15-6-5-12(16-9)18-7-3-2-4-11(18)10-8-19-13(14)17-10/h5-6,8,11H,2-4,7H2,1H3,(H2,14,17)/t11-/m0/s1. The van der Waals surface area contributed by atoms with E-state index in [2.05, 4.69) is 25.2 Å². The zero-order valence-corrected chi connectivity index (χ0v) is 11.7. The molecule has 1 atom stereocenters. The van der Waals surface area contributed by atoms with Crippen LogP contribution < -0.4 is 10.6 Å². The zero-order valence-electron chi connectivity index (χ0n) is 10.9. The molecule has 0 unspecified atom stereocenters. The van der Waals surface area contributed by atoms with Gasteiger partial charge in [0.25, 0.3) is 0 Å². The number of thiazole rings is 1. The van der Waals surface area contributed by atoms with Crippen molar-refractivity contribution in [1.82, 2.24) is 15.0 Å². The van der Waals surface area contributed by atoms with E-state index in [-0.39, 0.29) is 6.04 Å². The molecule has 0 saturated carbocycles. The van der Waals surface area contributed by atoms with Crippen LogP contribution in [0, 0.1) is 6.92 Å². The summed E-state index contributed by atoms with van der Waals surface area (Å²) in [4.78, 5) is 15.5. The van der Waals surface area contributed by atoms with Crippen LogP contribution in [0.4, 0.5) is 10.9 Å². The van der Waals surface area contributed by atoms with E-state index in [0.29, 0.717) is 5.13 Å². The Bertz CT molecular complexity index is 568. The highest BCUT2D eigenvalue weighted by molar-refractivity contribution is 7.13. The van der Waals surface area contributed by atoms with E-state index in [1.54, 1.807) is 0 Å². The predicted molar refractivity (Wildman–Crippen MR) is 77.2 cm³/mol. The molecule has 6 heteroatoms. The van der Waals surface area contributed by atoms with Crippen molar-refractivity contribution in [3.63, 3.8) is 0 Å². The fraction of sp³-hybridized carbons (Fsp3) is 0.462. The summed E-state index contributed by atoms with van der Waals surface area (Å²) in [6.07, 6.45) is 5.34. The molecule has 3 heterocycles. The first-order valence-electron chi connectivity index (χ1n) is 6.51. The Hall–Kier alpha value is -1.69. The number of piperidine rings is 1. The Morgan fingerprint density at radius 1 is 1.37 bits per heavy atom. The van der Waals surface area contributed by atoms with Gasteiger partial charge in [0, 0.05) is 18.1 Å². The van der Waals surface area contributed by atoms with Gasteiger partial charge in [-0.25, -0.2) is 15.0 Å². The fourth-order valence-corrected chi connectivity index (χ4v) is 3.18. The molecule has 1 saturated heterocycles. The van der Waals surface area contributed by atoms with Crippen LogP contribution in [-0.2, 0) is 0 Å². The Kier molecular flexibility index (Phi) is 3.33. The van der Waals surface area contributed by atoms with Gasteiger partial charge in [-0.15, -0.1) is 11.3 Å². The maximum Gasteiger partial charge on any atom is 0.180 e. The van der Waals surface area contributed by atoms with Crippen LogP contribution >= 0.6 is 11.3 Å². The Balaban J connectivity index is 1.93. The number of aromatic nitrogens is 3. The van der Waals surface area contributed by atoms with Gasteiger partial charge in [0.2, 0.25) is 0 Å². The topological polar surface area (TPSA) is 67.9 Å². The Labute approximate surface area is 116 Å². The quantitative estimate of drug-likeness (QED) is 0.912. The first-order chi connectivity index (χ1) is 9.24. The average molecular weight is 275 g/mol. The van der Waals surface area contributed by atoms with E-state index < -0.39 is 0 Å². The second-order valence-corrected chi connectivity index (χ2v) is 5.67. The zero-order chi connectivity index (χ0) is 13.2. The van der Waals surface area contributed by atoms with Crippen LogP contribution in [-0.4, -0.2) is 21.5 Å².